The Morgan fingerprint density at radius 2 is 2.10 bits per heavy atom. The maximum atomic E-state index is 13.8. The van der Waals surface area contributed by atoms with E-state index >= 15 is 0 Å². The molecule has 1 aromatic carbocycles. The van der Waals surface area contributed by atoms with E-state index < -0.39 is 15.8 Å². The molecule has 0 atom stereocenters. The van der Waals surface area contributed by atoms with Gasteiger partial charge in [0.05, 0.1) is 4.90 Å². The first kappa shape index (κ1) is 15.7. The quantitative estimate of drug-likeness (QED) is 0.839. The Morgan fingerprint density at radius 3 is 2.62 bits per heavy atom. The van der Waals surface area contributed by atoms with Crippen molar-refractivity contribution in [3.05, 3.63) is 24.0 Å². The Morgan fingerprint density at radius 1 is 1.43 bits per heavy atom. The summed E-state index contributed by atoms with van der Waals surface area (Å²) in [6, 6.07) is 3.30. The molecule has 0 radical (unpaired) electrons. The molecule has 1 amide bonds. The summed E-state index contributed by atoms with van der Waals surface area (Å²) in [4.78, 5) is 12.5. The number of nitrogens with one attached hydrogen (secondary N) is 1. The predicted molar refractivity (Wildman–Crippen MR) is 73.9 cm³/mol. The number of rotatable bonds is 6. The zero-order chi connectivity index (χ0) is 15.6. The monoisotopic (exact) mass is 316 g/mol. The van der Waals surface area contributed by atoms with Gasteiger partial charge in [-0.25, -0.2) is 17.5 Å². The Labute approximate surface area is 122 Å². The van der Waals surface area contributed by atoms with Crippen molar-refractivity contribution < 1.29 is 22.3 Å². The fourth-order valence-electron chi connectivity index (χ4n) is 1.52. The molecule has 1 aliphatic carbocycles. The summed E-state index contributed by atoms with van der Waals surface area (Å²) < 4.78 is 45.2. The third-order valence-electron chi connectivity index (χ3n) is 2.96. The Kier molecular flexibility index (Phi) is 4.48. The Balaban J connectivity index is 2.08. The first-order valence-corrected chi connectivity index (χ1v) is 7.93. The molecule has 1 aromatic rings. The lowest BCUT2D eigenvalue weighted by molar-refractivity contribution is -0.130. The zero-order valence-corrected chi connectivity index (χ0v) is 12.6. The number of hydrogen-bond donors (Lipinski definition) is 1. The van der Waals surface area contributed by atoms with Crippen LogP contribution < -0.4 is 9.46 Å². The van der Waals surface area contributed by atoms with Gasteiger partial charge in [0, 0.05) is 20.1 Å². The van der Waals surface area contributed by atoms with Crippen LogP contribution in [0.15, 0.2) is 23.1 Å². The highest BCUT2D eigenvalue weighted by molar-refractivity contribution is 7.89. The van der Waals surface area contributed by atoms with Gasteiger partial charge in [-0.3, -0.25) is 4.79 Å². The van der Waals surface area contributed by atoms with Gasteiger partial charge in [0.25, 0.3) is 5.91 Å². The number of ether oxygens (including phenoxy) is 1. The molecule has 0 spiro atoms. The van der Waals surface area contributed by atoms with E-state index in [1.54, 1.807) is 14.1 Å². The van der Waals surface area contributed by atoms with E-state index in [1.165, 1.54) is 17.0 Å². The SMILES string of the molecule is CN(C)C(=O)COc1ccc(S(=O)(=O)NC2CC2)cc1F. The molecule has 6 nitrogen and oxygen atoms in total. The average Bonchev–Trinajstić information content (AvgIpc) is 3.19. The average molecular weight is 316 g/mol. The maximum Gasteiger partial charge on any atom is 0.259 e. The van der Waals surface area contributed by atoms with Gasteiger partial charge >= 0.3 is 0 Å². The van der Waals surface area contributed by atoms with Gasteiger partial charge in [-0.2, -0.15) is 0 Å². The van der Waals surface area contributed by atoms with Crippen LogP contribution in [-0.2, 0) is 14.8 Å². The molecule has 116 valence electrons. The highest BCUT2D eigenvalue weighted by Crippen LogP contribution is 2.25. The fraction of sp³-hybridized carbons (Fsp3) is 0.462. The zero-order valence-electron chi connectivity index (χ0n) is 11.8. The van der Waals surface area contributed by atoms with Gasteiger partial charge in [0.15, 0.2) is 18.2 Å². The summed E-state index contributed by atoms with van der Waals surface area (Å²) in [5.41, 5.74) is 0. The van der Waals surface area contributed by atoms with Crippen molar-refractivity contribution in [2.75, 3.05) is 20.7 Å². The van der Waals surface area contributed by atoms with Crippen molar-refractivity contribution in [3.8, 4) is 5.75 Å². The molecule has 0 unspecified atom stereocenters. The molecular weight excluding hydrogens is 299 g/mol. The summed E-state index contributed by atoms with van der Waals surface area (Å²) in [5, 5.41) is 0. The van der Waals surface area contributed by atoms with Gasteiger partial charge in [-0.05, 0) is 31.0 Å². The lowest BCUT2D eigenvalue weighted by Gasteiger charge is -2.12. The van der Waals surface area contributed by atoms with Gasteiger partial charge in [-0.15, -0.1) is 0 Å². The van der Waals surface area contributed by atoms with Crippen LogP contribution in [-0.4, -0.2) is 46.0 Å². The molecule has 0 aromatic heterocycles. The molecule has 0 heterocycles. The fourth-order valence-corrected chi connectivity index (χ4v) is 2.84. The van der Waals surface area contributed by atoms with E-state index in [-0.39, 0.29) is 29.2 Å². The van der Waals surface area contributed by atoms with Crippen LogP contribution >= 0.6 is 0 Å². The highest BCUT2D eigenvalue weighted by Gasteiger charge is 2.28. The molecule has 0 saturated heterocycles. The van der Waals surface area contributed by atoms with Crippen molar-refractivity contribution in [3.63, 3.8) is 0 Å². The van der Waals surface area contributed by atoms with Crippen LogP contribution in [0.2, 0.25) is 0 Å². The number of halogens is 1. The van der Waals surface area contributed by atoms with E-state index in [2.05, 4.69) is 4.72 Å². The second kappa shape index (κ2) is 5.98. The van der Waals surface area contributed by atoms with Crippen LogP contribution in [0.5, 0.6) is 5.75 Å². The molecule has 1 saturated carbocycles. The normalized spacial score (nSPS) is 14.8. The molecule has 21 heavy (non-hydrogen) atoms. The van der Waals surface area contributed by atoms with E-state index in [0.717, 1.165) is 18.9 Å². The number of amides is 1. The van der Waals surface area contributed by atoms with Crippen LogP contribution in [0.25, 0.3) is 0 Å². The molecule has 8 heteroatoms. The second-order valence-corrected chi connectivity index (χ2v) is 6.78. The van der Waals surface area contributed by atoms with E-state index in [4.69, 9.17) is 4.74 Å². The van der Waals surface area contributed by atoms with E-state index in [9.17, 15) is 17.6 Å². The van der Waals surface area contributed by atoms with Crippen LogP contribution in [0.1, 0.15) is 12.8 Å². The largest absolute Gasteiger partial charge is 0.481 e. The third-order valence-corrected chi connectivity index (χ3v) is 4.48. The summed E-state index contributed by atoms with van der Waals surface area (Å²) in [6.07, 6.45) is 1.60. The lowest BCUT2D eigenvalue weighted by Crippen LogP contribution is -2.28. The number of nitrogens with zero attached hydrogens (tertiary/aromatic N) is 1. The number of carbonyl (C=O) groups is 1. The van der Waals surface area contributed by atoms with Crippen molar-refractivity contribution >= 4 is 15.9 Å². The molecular formula is C13H17FN2O4S. The number of sulfonamides is 1. The van der Waals surface area contributed by atoms with Crippen LogP contribution in [0.4, 0.5) is 4.39 Å². The summed E-state index contributed by atoms with van der Waals surface area (Å²) in [6.45, 7) is -0.309. The number of likely N-dealkylation sites (N-methyl/N-ethyl adjacent to an activating group) is 1. The van der Waals surface area contributed by atoms with E-state index in [0.29, 0.717) is 0 Å². The summed E-state index contributed by atoms with van der Waals surface area (Å²) in [7, 11) is -0.588. The lowest BCUT2D eigenvalue weighted by atomic mass is 10.3. The molecule has 1 fully saturated rings. The van der Waals surface area contributed by atoms with Crippen molar-refractivity contribution in [2.45, 2.75) is 23.8 Å². The Bertz CT molecular complexity index is 642. The summed E-state index contributed by atoms with van der Waals surface area (Å²) in [5.74, 6) is -1.29. The predicted octanol–water partition coefficient (Wildman–Crippen LogP) is 0.733. The number of benzene rings is 1. The minimum atomic E-state index is -3.70. The maximum absolute atomic E-state index is 13.8. The molecule has 0 bridgehead atoms. The first-order valence-electron chi connectivity index (χ1n) is 6.44. The van der Waals surface area contributed by atoms with Crippen LogP contribution in [0, 0.1) is 5.82 Å². The van der Waals surface area contributed by atoms with Gasteiger partial charge in [0.1, 0.15) is 0 Å². The molecule has 1 aliphatic rings. The highest BCUT2D eigenvalue weighted by atomic mass is 32.2. The minimum absolute atomic E-state index is 0.0494. The van der Waals surface area contributed by atoms with Crippen molar-refractivity contribution in [1.82, 2.24) is 9.62 Å². The van der Waals surface area contributed by atoms with Gasteiger partial charge in [0.2, 0.25) is 10.0 Å². The Hall–Kier alpha value is -1.67. The van der Waals surface area contributed by atoms with E-state index in [1.807, 2.05) is 0 Å². The third kappa shape index (κ3) is 4.15. The molecule has 2 rings (SSSR count). The number of hydrogen-bond acceptors (Lipinski definition) is 4. The smallest absolute Gasteiger partial charge is 0.259 e. The van der Waals surface area contributed by atoms with Gasteiger partial charge in [-0.1, -0.05) is 0 Å². The van der Waals surface area contributed by atoms with Crippen LogP contribution in [0.3, 0.4) is 0 Å². The second-order valence-electron chi connectivity index (χ2n) is 5.06. The molecule has 0 aliphatic heterocycles. The standard InChI is InChI=1S/C13H17FN2O4S/c1-16(2)13(17)8-20-12-6-5-10(7-11(12)14)21(18,19)15-9-3-4-9/h5-7,9,15H,3-4,8H2,1-2H3. The number of carbonyl (C=O) groups excluding carboxylic acids is 1. The minimum Gasteiger partial charge on any atom is -0.481 e. The summed E-state index contributed by atoms with van der Waals surface area (Å²) >= 11 is 0. The van der Waals surface area contributed by atoms with Crippen molar-refractivity contribution in [1.29, 1.82) is 0 Å². The topological polar surface area (TPSA) is 75.7 Å². The molecule has 1 N–H and O–H groups in total. The van der Waals surface area contributed by atoms with Crippen molar-refractivity contribution in [2.24, 2.45) is 0 Å². The first-order chi connectivity index (χ1) is 9.79. The van der Waals surface area contributed by atoms with Gasteiger partial charge < -0.3 is 9.64 Å².